The smallest absolute Gasteiger partial charge is 0.0426 e. The predicted octanol–water partition coefficient (Wildman–Crippen LogP) is 3.21. The maximum atomic E-state index is 5.53. The van der Waals surface area contributed by atoms with Crippen LogP contribution in [0.3, 0.4) is 0 Å². The number of nitrogens with two attached hydrogens (primary N) is 1. The summed E-state index contributed by atoms with van der Waals surface area (Å²) in [5, 5.41) is 0. The molecule has 0 heterocycles. The summed E-state index contributed by atoms with van der Waals surface area (Å²) in [6, 6.07) is 19.3. The van der Waals surface area contributed by atoms with Gasteiger partial charge in [0.1, 0.15) is 0 Å². The van der Waals surface area contributed by atoms with E-state index in [-0.39, 0.29) is 0 Å². The van der Waals surface area contributed by atoms with Gasteiger partial charge in [0.2, 0.25) is 0 Å². The van der Waals surface area contributed by atoms with Crippen LogP contribution >= 0.6 is 0 Å². The maximum Gasteiger partial charge on any atom is 0.0426 e. The molecular formula is C17H22N2. The van der Waals surface area contributed by atoms with Crippen molar-refractivity contribution >= 4 is 5.69 Å². The van der Waals surface area contributed by atoms with Gasteiger partial charge in [0, 0.05) is 19.3 Å². The van der Waals surface area contributed by atoms with Crippen LogP contribution in [0.4, 0.5) is 5.69 Å². The molecule has 2 nitrogen and oxygen atoms in total. The molecular weight excluding hydrogens is 232 g/mol. The first-order valence-corrected chi connectivity index (χ1v) is 6.83. The molecule has 0 aliphatic heterocycles. The monoisotopic (exact) mass is 254 g/mol. The van der Waals surface area contributed by atoms with Crippen LogP contribution in [-0.2, 0) is 13.0 Å². The van der Waals surface area contributed by atoms with Crippen molar-refractivity contribution in [1.29, 1.82) is 0 Å². The highest BCUT2D eigenvalue weighted by Crippen LogP contribution is 2.17. The van der Waals surface area contributed by atoms with Gasteiger partial charge in [-0.3, -0.25) is 0 Å². The normalized spacial score (nSPS) is 10.4. The number of anilines is 1. The zero-order valence-corrected chi connectivity index (χ0v) is 11.5. The van der Waals surface area contributed by atoms with Crippen LogP contribution in [0.1, 0.15) is 17.5 Å². The summed E-state index contributed by atoms with van der Waals surface area (Å²) in [4.78, 5) is 2.27. The number of hydrogen-bond acceptors (Lipinski definition) is 2. The number of aryl methyl sites for hydroxylation is 1. The molecule has 0 fully saturated rings. The Balaban J connectivity index is 1.97. The first-order chi connectivity index (χ1) is 9.29. The second kappa shape index (κ2) is 6.95. The standard InChI is InChI=1S/C17H22N2/c1-19(14-16-6-3-2-4-7-16)17-11-9-15(10-12-17)8-5-13-18/h2-4,6-7,9-12H,5,8,13-14,18H2,1H3. The molecule has 0 aromatic heterocycles. The fourth-order valence-electron chi connectivity index (χ4n) is 2.17. The number of rotatable bonds is 6. The average molecular weight is 254 g/mol. The summed E-state index contributed by atoms with van der Waals surface area (Å²) in [5.74, 6) is 0. The largest absolute Gasteiger partial charge is 0.370 e. The van der Waals surface area contributed by atoms with E-state index in [0.29, 0.717) is 0 Å². The van der Waals surface area contributed by atoms with Crippen molar-refractivity contribution in [2.45, 2.75) is 19.4 Å². The SMILES string of the molecule is CN(Cc1ccccc1)c1ccc(CCCN)cc1. The van der Waals surface area contributed by atoms with Crippen molar-refractivity contribution < 1.29 is 0 Å². The van der Waals surface area contributed by atoms with Crippen molar-refractivity contribution in [2.75, 3.05) is 18.5 Å². The van der Waals surface area contributed by atoms with Crippen LogP contribution in [-0.4, -0.2) is 13.6 Å². The van der Waals surface area contributed by atoms with Gasteiger partial charge in [-0.1, -0.05) is 42.5 Å². The van der Waals surface area contributed by atoms with Crippen molar-refractivity contribution in [1.82, 2.24) is 0 Å². The molecule has 2 N–H and O–H groups in total. The van der Waals surface area contributed by atoms with Gasteiger partial charge >= 0.3 is 0 Å². The van der Waals surface area contributed by atoms with Crippen molar-refractivity contribution in [3.05, 3.63) is 65.7 Å². The Morgan fingerprint density at radius 2 is 1.58 bits per heavy atom. The lowest BCUT2D eigenvalue weighted by molar-refractivity contribution is 0.832. The van der Waals surface area contributed by atoms with Crippen molar-refractivity contribution in [3.8, 4) is 0 Å². The molecule has 0 atom stereocenters. The molecule has 0 saturated carbocycles. The van der Waals surface area contributed by atoms with Gasteiger partial charge < -0.3 is 10.6 Å². The van der Waals surface area contributed by atoms with E-state index in [2.05, 4.69) is 66.5 Å². The van der Waals surface area contributed by atoms with Crippen LogP contribution in [0.25, 0.3) is 0 Å². The minimum absolute atomic E-state index is 0.760. The second-order valence-electron chi connectivity index (χ2n) is 4.90. The summed E-state index contributed by atoms with van der Waals surface area (Å²) >= 11 is 0. The Hall–Kier alpha value is -1.80. The number of nitrogens with zero attached hydrogens (tertiary/aromatic N) is 1. The molecule has 0 spiro atoms. The fourth-order valence-corrected chi connectivity index (χ4v) is 2.17. The lowest BCUT2D eigenvalue weighted by Crippen LogP contribution is -2.16. The predicted molar refractivity (Wildman–Crippen MR) is 82.4 cm³/mol. The highest BCUT2D eigenvalue weighted by atomic mass is 15.1. The summed E-state index contributed by atoms with van der Waals surface area (Å²) in [5.41, 5.74) is 9.48. The second-order valence-corrected chi connectivity index (χ2v) is 4.90. The van der Waals surface area contributed by atoms with E-state index in [1.165, 1.54) is 16.8 Å². The highest BCUT2D eigenvalue weighted by Gasteiger charge is 2.02. The third-order valence-electron chi connectivity index (χ3n) is 3.31. The Kier molecular flexibility index (Phi) is 4.99. The molecule has 0 aliphatic rings. The molecule has 0 amide bonds. The topological polar surface area (TPSA) is 29.3 Å². The van der Waals surface area contributed by atoms with Crippen LogP contribution < -0.4 is 10.6 Å². The molecule has 0 radical (unpaired) electrons. The fraction of sp³-hybridized carbons (Fsp3) is 0.294. The Labute approximate surface area is 115 Å². The van der Waals surface area contributed by atoms with E-state index in [9.17, 15) is 0 Å². The van der Waals surface area contributed by atoms with E-state index in [4.69, 9.17) is 5.73 Å². The van der Waals surface area contributed by atoms with Crippen molar-refractivity contribution in [3.63, 3.8) is 0 Å². The molecule has 0 bridgehead atoms. The van der Waals surface area contributed by atoms with Crippen LogP contribution in [0.5, 0.6) is 0 Å². The molecule has 19 heavy (non-hydrogen) atoms. The van der Waals surface area contributed by atoms with Gasteiger partial charge in [0.15, 0.2) is 0 Å². The lowest BCUT2D eigenvalue weighted by atomic mass is 10.1. The van der Waals surface area contributed by atoms with Gasteiger partial charge in [0.05, 0.1) is 0 Å². The van der Waals surface area contributed by atoms with Gasteiger partial charge in [-0.05, 0) is 42.6 Å². The van der Waals surface area contributed by atoms with Crippen molar-refractivity contribution in [2.24, 2.45) is 5.73 Å². The Morgan fingerprint density at radius 3 is 2.21 bits per heavy atom. The molecule has 0 unspecified atom stereocenters. The third-order valence-corrected chi connectivity index (χ3v) is 3.31. The first kappa shape index (κ1) is 13.6. The Bertz CT molecular complexity index is 476. The van der Waals surface area contributed by atoms with E-state index in [1.54, 1.807) is 0 Å². The van der Waals surface area contributed by atoms with Gasteiger partial charge in [-0.25, -0.2) is 0 Å². The van der Waals surface area contributed by atoms with Gasteiger partial charge in [-0.15, -0.1) is 0 Å². The highest BCUT2D eigenvalue weighted by molar-refractivity contribution is 5.47. The lowest BCUT2D eigenvalue weighted by Gasteiger charge is -2.19. The molecule has 2 aromatic rings. The van der Waals surface area contributed by atoms with E-state index in [1.807, 2.05) is 0 Å². The third kappa shape index (κ3) is 4.11. The van der Waals surface area contributed by atoms with E-state index >= 15 is 0 Å². The number of benzene rings is 2. The minimum atomic E-state index is 0.760. The average Bonchev–Trinajstić information content (AvgIpc) is 2.46. The van der Waals surface area contributed by atoms with Gasteiger partial charge in [0.25, 0.3) is 0 Å². The Morgan fingerprint density at radius 1 is 0.895 bits per heavy atom. The zero-order valence-electron chi connectivity index (χ0n) is 11.5. The van der Waals surface area contributed by atoms with E-state index in [0.717, 1.165) is 25.9 Å². The summed E-state index contributed by atoms with van der Waals surface area (Å²) in [6.45, 7) is 1.69. The quantitative estimate of drug-likeness (QED) is 0.857. The summed E-state index contributed by atoms with van der Waals surface area (Å²) in [7, 11) is 2.13. The molecule has 2 aromatic carbocycles. The maximum absolute atomic E-state index is 5.53. The van der Waals surface area contributed by atoms with Gasteiger partial charge in [-0.2, -0.15) is 0 Å². The molecule has 0 aliphatic carbocycles. The molecule has 100 valence electrons. The summed E-state index contributed by atoms with van der Waals surface area (Å²) in [6.07, 6.45) is 2.12. The van der Waals surface area contributed by atoms with Crippen LogP contribution in [0.15, 0.2) is 54.6 Å². The summed E-state index contributed by atoms with van der Waals surface area (Å²) < 4.78 is 0. The zero-order chi connectivity index (χ0) is 13.5. The van der Waals surface area contributed by atoms with E-state index < -0.39 is 0 Å². The molecule has 0 saturated heterocycles. The van der Waals surface area contributed by atoms with Crippen LogP contribution in [0.2, 0.25) is 0 Å². The minimum Gasteiger partial charge on any atom is -0.370 e. The van der Waals surface area contributed by atoms with Crippen LogP contribution in [0, 0.1) is 0 Å². The first-order valence-electron chi connectivity index (χ1n) is 6.83. The number of hydrogen-bond donors (Lipinski definition) is 1. The molecule has 2 heteroatoms. The molecule has 2 rings (SSSR count).